The van der Waals surface area contributed by atoms with Crippen molar-refractivity contribution in [3.8, 4) is 0 Å². The molecule has 2 N–H and O–H groups in total. The molecule has 23 heavy (non-hydrogen) atoms. The van der Waals surface area contributed by atoms with E-state index in [0.717, 1.165) is 16.9 Å². The molecule has 0 saturated heterocycles. The van der Waals surface area contributed by atoms with Crippen molar-refractivity contribution in [1.29, 1.82) is 0 Å². The Balaban J connectivity index is 2.19. The van der Waals surface area contributed by atoms with Crippen molar-refractivity contribution in [2.45, 2.75) is 13.5 Å². The van der Waals surface area contributed by atoms with Gasteiger partial charge in [-0.15, -0.1) is 0 Å². The molecule has 0 saturated carbocycles. The number of anilines is 2. The van der Waals surface area contributed by atoms with Crippen LogP contribution in [-0.2, 0) is 16.1 Å². The van der Waals surface area contributed by atoms with Crippen molar-refractivity contribution in [2.24, 2.45) is 0 Å². The molecule has 120 valence electrons. The summed E-state index contributed by atoms with van der Waals surface area (Å²) in [4.78, 5) is 12.2. The van der Waals surface area contributed by atoms with Crippen LogP contribution in [0.25, 0.3) is 0 Å². The highest BCUT2D eigenvalue weighted by atomic mass is 32.1. The number of rotatable bonds is 7. The minimum atomic E-state index is 0.433. The van der Waals surface area contributed by atoms with Crippen molar-refractivity contribution >= 4 is 35.2 Å². The van der Waals surface area contributed by atoms with Crippen LogP contribution in [0.2, 0.25) is 0 Å². The van der Waals surface area contributed by atoms with E-state index >= 15 is 0 Å². The molecule has 0 aromatic heterocycles. The zero-order chi connectivity index (χ0) is 16.5. The standard InChI is InChI=1S/C17H19N3O2S/c1-2-22-17(23)20(12-14-6-4-3-5-7-14)16-10-8-15(9-11-16)19-18-13-21/h3-11,13,19H,2,12H2,1H3,(H,18,21). The Morgan fingerprint density at radius 3 is 2.48 bits per heavy atom. The van der Waals surface area contributed by atoms with Gasteiger partial charge in [-0.25, -0.2) is 0 Å². The van der Waals surface area contributed by atoms with Gasteiger partial charge in [-0.1, -0.05) is 30.3 Å². The van der Waals surface area contributed by atoms with Gasteiger partial charge in [-0.2, -0.15) is 0 Å². The second kappa shape index (κ2) is 8.75. The lowest BCUT2D eigenvalue weighted by molar-refractivity contribution is -0.109. The molecule has 0 heterocycles. The lowest BCUT2D eigenvalue weighted by Gasteiger charge is -2.25. The topological polar surface area (TPSA) is 53.6 Å². The molecular weight excluding hydrogens is 310 g/mol. The zero-order valence-electron chi connectivity index (χ0n) is 12.9. The monoisotopic (exact) mass is 329 g/mol. The largest absolute Gasteiger partial charge is 0.471 e. The number of thiocarbonyl (C=S) groups is 1. The van der Waals surface area contributed by atoms with Crippen LogP contribution in [0.3, 0.4) is 0 Å². The van der Waals surface area contributed by atoms with Crippen LogP contribution in [-0.4, -0.2) is 18.2 Å². The first-order valence-corrected chi connectivity index (χ1v) is 7.69. The number of benzene rings is 2. The van der Waals surface area contributed by atoms with Crippen molar-refractivity contribution in [1.82, 2.24) is 5.43 Å². The molecule has 0 spiro atoms. The second-order valence-corrected chi connectivity index (χ2v) is 5.05. The number of hydrazine groups is 1. The van der Waals surface area contributed by atoms with E-state index in [1.54, 1.807) is 0 Å². The highest BCUT2D eigenvalue weighted by molar-refractivity contribution is 7.80. The third-order valence-corrected chi connectivity index (χ3v) is 3.46. The van der Waals surface area contributed by atoms with Crippen molar-refractivity contribution in [3.05, 3.63) is 60.2 Å². The number of hydrogen-bond acceptors (Lipinski definition) is 4. The summed E-state index contributed by atoms with van der Waals surface area (Å²) in [5.74, 6) is 0. The van der Waals surface area contributed by atoms with E-state index in [9.17, 15) is 4.79 Å². The summed E-state index contributed by atoms with van der Waals surface area (Å²) in [5, 5.41) is 0.433. The van der Waals surface area contributed by atoms with Gasteiger partial charge in [0.1, 0.15) is 0 Å². The van der Waals surface area contributed by atoms with Crippen LogP contribution in [0.4, 0.5) is 11.4 Å². The minimum absolute atomic E-state index is 0.433. The molecule has 2 rings (SSSR count). The summed E-state index contributed by atoms with van der Waals surface area (Å²) in [7, 11) is 0. The van der Waals surface area contributed by atoms with Crippen LogP contribution in [0.5, 0.6) is 0 Å². The third kappa shape index (κ3) is 4.96. The van der Waals surface area contributed by atoms with Crippen molar-refractivity contribution in [3.63, 3.8) is 0 Å². The Kier molecular flexibility index (Phi) is 6.38. The average molecular weight is 329 g/mol. The number of ether oxygens (including phenoxy) is 1. The summed E-state index contributed by atoms with van der Waals surface area (Å²) in [6.07, 6.45) is 0.583. The highest BCUT2D eigenvalue weighted by Crippen LogP contribution is 2.21. The van der Waals surface area contributed by atoms with Gasteiger partial charge in [-0.3, -0.25) is 20.5 Å². The Bertz CT molecular complexity index is 632. The fraction of sp³-hybridized carbons (Fsp3) is 0.176. The Labute approximate surface area is 141 Å². The van der Waals surface area contributed by atoms with Crippen LogP contribution in [0.15, 0.2) is 54.6 Å². The van der Waals surface area contributed by atoms with E-state index in [4.69, 9.17) is 17.0 Å². The van der Waals surface area contributed by atoms with E-state index in [0.29, 0.717) is 24.7 Å². The summed E-state index contributed by atoms with van der Waals surface area (Å²) in [5.41, 5.74) is 8.00. The molecule has 0 aliphatic rings. The third-order valence-electron chi connectivity index (χ3n) is 3.13. The van der Waals surface area contributed by atoms with Gasteiger partial charge in [0.25, 0.3) is 5.17 Å². The molecule has 1 amide bonds. The van der Waals surface area contributed by atoms with Crippen LogP contribution >= 0.6 is 12.2 Å². The maximum atomic E-state index is 10.3. The second-order valence-electron chi connectivity index (χ2n) is 4.70. The maximum Gasteiger partial charge on any atom is 0.264 e. The van der Waals surface area contributed by atoms with E-state index in [-0.39, 0.29) is 0 Å². The lowest BCUT2D eigenvalue weighted by atomic mass is 10.2. The zero-order valence-corrected chi connectivity index (χ0v) is 13.7. The minimum Gasteiger partial charge on any atom is -0.471 e. The Morgan fingerprint density at radius 2 is 1.87 bits per heavy atom. The van der Waals surface area contributed by atoms with E-state index in [1.807, 2.05) is 66.4 Å². The molecule has 0 aliphatic carbocycles. The fourth-order valence-corrected chi connectivity index (χ4v) is 2.35. The van der Waals surface area contributed by atoms with Gasteiger partial charge in [0, 0.05) is 5.69 Å². The molecule has 2 aromatic rings. The predicted molar refractivity (Wildman–Crippen MR) is 96.1 cm³/mol. The molecular formula is C17H19N3O2S. The smallest absolute Gasteiger partial charge is 0.264 e. The first kappa shape index (κ1) is 16.8. The van der Waals surface area contributed by atoms with Gasteiger partial charge < -0.3 is 4.74 Å². The Hall–Kier alpha value is -2.60. The molecule has 2 aromatic carbocycles. The summed E-state index contributed by atoms with van der Waals surface area (Å²) < 4.78 is 5.51. The average Bonchev–Trinajstić information content (AvgIpc) is 2.59. The first-order chi connectivity index (χ1) is 11.2. The molecule has 6 heteroatoms. The number of nitrogens with one attached hydrogen (secondary N) is 2. The van der Waals surface area contributed by atoms with Crippen molar-refractivity contribution < 1.29 is 9.53 Å². The maximum absolute atomic E-state index is 10.3. The summed E-state index contributed by atoms with van der Waals surface area (Å²) in [6, 6.07) is 17.6. The van der Waals surface area contributed by atoms with Gasteiger partial charge >= 0.3 is 0 Å². The van der Waals surface area contributed by atoms with Crippen molar-refractivity contribution in [2.75, 3.05) is 16.9 Å². The number of hydrogen-bond donors (Lipinski definition) is 2. The molecule has 0 unspecified atom stereocenters. The number of nitrogens with zero attached hydrogens (tertiary/aromatic N) is 1. The molecule has 5 nitrogen and oxygen atoms in total. The van der Waals surface area contributed by atoms with Crippen LogP contribution < -0.4 is 15.8 Å². The van der Waals surface area contributed by atoms with Gasteiger partial charge in [0.2, 0.25) is 6.41 Å². The van der Waals surface area contributed by atoms with Gasteiger partial charge in [-0.05, 0) is 49.0 Å². The number of carbonyl (C=O) groups excluding carboxylic acids is 1. The molecule has 0 atom stereocenters. The molecule has 0 bridgehead atoms. The van der Waals surface area contributed by atoms with E-state index in [1.165, 1.54) is 0 Å². The van der Waals surface area contributed by atoms with Crippen LogP contribution in [0, 0.1) is 0 Å². The van der Waals surface area contributed by atoms with Gasteiger partial charge in [0.05, 0.1) is 18.8 Å². The quantitative estimate of drug-likeness (QED) is 0.464. The van der Waals surface area contributed by atoms with Gasteiger partial charge in [0.15, 0.2) is 0 Å². The van der Waals surface area contributed by atoms with E-state index < -0.39 is 0 Å². The molecule has 0 radical (unpaired) electrons. The lowest BCUT2D eigenvalue weighted by Crippen LogP contribution is -2.30. The predicted octanol–water partition coefficient (Wildman–Crippen LogP) is 3.09. The Morgan fingerprint density at radius 1 is 1.17 bits per heavy atom. The summed E-state index contributed by atoms with van der Waals surface area (Å²) in [6.45, 7) is 3.05. The first-order valence-electron chi connectivity index (χ1n) is 7.28. The number of amides is 1. The number of carbonyl (C=O) groups is 1. The fourth-order valence-electron chi connectivity index (χ4n) is 2.07. The normalized spacial score (nSPS) is 9.78. The molecule has 0 fully saturated rings. The highest BCUT2D eigenvalue weighted by Gasteiger charge is 2.13. The SMILES string of the molecule is CCOC(=S)N(Cc1ccccc1)c1ccc(NNC=O)cc1. The molecule has 0 aliphatic heterocycles. The van der Waals surface area contributed by atoms with E-state index in [2.05, 4.69) is 10.9 Å². The van der Waals surface area contributed by atoms with Crippen LogP contribution in [0.1, 0.15) is 12.5 Å². The summed E-state index contributed by atoms with van der Waals surface area (Å²) >= 11 is 5.39.